The first-order chi connectivity index (χ1) is 10.8. The highest BCUT2D eigenvalue weighted by molar-refractivity contribution is 5.92. The third kappa shape index (κ3) is 3.39. The number of carbonyl (C=O) groups excluding carboxylic acids is 1. The molecule has 1 N–H and O–H groups in total. The number of hydrogen-bond acceptors (Lipinski definition) is 4. The Morgan fingerprint density at radius 3 is 2.64 bits per heavy atom. The van der Waals surface area contributed by atoms with Crippen LogP contribution in [0.5, 0.6) is 0 Å². The highest BCUT2D eigenvalue weighted by atomic mass is 16.2. The number of piperidine rings is 1. The van der Waals surface area contributed by atoms with Gasteiger partial charge in [0.15, 0.2) is 11.5 Å². The number of nitrogens with one attached hydrogen (secondary N) is 1. The van der Waals surface area contributed by atoms with E-state index in [0.29, 0.717) is 17.8 Å². The summed E-state index contributed by atoms with van der Waals surface area (Å²) in [6.07, 6.45) is 9.46. The number of amides is 1. The van der Waals surface area contributed by atoms with Crippen molar-refractivity contribution in [3.63, 3.8) is 0 Å². The van der Waals surface area contributed by atoms with Crippen LogP contribution in [0.2, 0.25) is 0 Å². The SMILES string of the molecule is CCC1CCCCN1c1ccc(C(=O)NC2CCCC2)nn1. The maximum atomic E-state index is 12.2. The van der Waals surface area contributed by atoms with Crippen molar-refractivity contribution >= 4 is 11.7 Å². The summed E-state index contributed by atoms with van der Waals surface area (Å²) in [4.78, 5) is 14.5. The van der Waals surface area contributed by atoms with Crippen molar-refractivity contribution in [2.24, 2.45) is 0 Å². The van der Waals surface area contributed by atoms with Crippen LogP contribution in [-0.4, -0.2) is 34.7 Å². The van der Waals surface area contributed by atoms with Gasteiger partial charge in [-0.3, -0.25) is 4.79 Å². The van der Waals surface area contributed by atoms with Crippen LogP contribution in [0, 0.1) is 0 Å². The minimum Gasteiger partial charge on any atom is -0.352 e. The van der Waals surface area contributed by atoms with E-state index in [2.05, 4.69) is 27.3 Å². The van der Waals surface area contributed by atoms with Gasteiger partial charge in [-0.1, -0.05) is 19.8 Å². The Hall–Kier alpha value is -1.65. The topological polar surface area (TPSA) is 58.1 Å². The average molecular weight is 302 g/mol. The number of hydrogen-bond donors (Lipinski definition) is 1. The van der Waals surface area contributed by atoms with Gasteiger partial charge >= 0.3 is 0 Å². The van der Waals surface area contributed by atoms with Crippen LogP contribution in [0.25, 0.3) is 0 Å². The minimum atomic E-state index is -0.0864. The Kier molecular flexibility index (Phi) is 4.90. The van der Waals surface area contributed by atoms with Crippen molar-refractivity contribution in [1.29, 1.82) is 0 Å². The van der Waals surface area contributed by atoms with E-state index in [1.54, 1.807) is 0 Å². The van der Waals surface area contributed by atoms with E-state index in [4.69, 9.17) is 0 Å². The van der Waals surface area contributed by atoms with E-state index in [0.717, 1.165) is 31.6 Å². The molecule has 0 radical (unpaired) electrons. The van der Waals surface area contributed by atoms with Crippen molar-refractivity contribution < 1.29 is 4.79 Å². The van der Waals surface area contributed by atoms with E-state index >= 15 is 0 Å². The Labute approximate surface area is 132 Å². The Morgan fingerprint density at radius 2 is 1.95 bits per heavy atom. The predicted molar refractivity (Wildman–Crippen MR) is 87.0 cm³/mol. The zero-order chi connectivity index (χ0) is 15.4. The van der Waals surface area contributed by atoms with Crippen LogP contribution >= 0.6 is 0 Å². The van der Waals surface area contributed by atoms with Crippen molar-refractivity contribution in [2.45, 2.75) is 70.4 Å². The fraction of sp³-hybridized carbons (Fsp3) is 0.706. The van der Waals surface area contributed by atoms with Gasteiger partial charge in [0.1, 0.15) is 0 Å². The van der Waals surface area contributed by atoms with Gasteiger partial charge in [-0.05, 0) is 50.7 Å². The van der Waals surface area contributed by atoms with Gasteiger partial charge in [0.2, 0.25) is 0 Å². The van der Waals surface area contributed by atoms with Gasteiger partial charge in [-0.25, -0.2) is 0 Å². The zero-order valence-corrected chi connectivity index (χ0v) is 13.4. The Morgan fingerprint density at radius 1 is 1.18 bits per heavy atom. The van der Waals surface area contributed by atoms with E-state index in [-0.39, 0.29) is 5.91 Å². The maximum absolute atomic E-state index is 12.2. The van der Waals surface area contributed by atoms with Crippen LogP contribution in [0.3, 0.4) is 0 Å². The lowest BCUT2D eigenvalue weighted by molar-refractivity contribution is 0.0932. The highest BCUT2D eigenvalue weighted by Crippen LogP contribution is 2.24. The number of nitrogens with zero attached hydrogens (tertiary/aromatic N) is 3. The molecule has 0 aromatic carbocycles. The fourth-order valence-corrected chi connectivity index (χ4v) is 3.66. The molecule has 1 unspecified atom stereocenters. The molecule has 2 aliphatic rings. The van der Waals surface area contributed by atoms with E-state index in [1.807, 2.05) is 12.1 Å². The predicted octanol–water partition coefficient (Wildman–Crippen LogP) is 2.92. The molecular weight excluding hydrogens is 276 g/mol. The normalized spacial score (nSPS) is 22.8. The highest BCUT2D eigenvalue weighted by Gasteiger charge is 2.23. The molecule has 1 saturated heterocycles. The van der Waals surface area contributed by atoms with Gasteiger partial charge in [-0.15, -0.1) is 10.2 Å². The van der Waals surface area contributed by atoms with Gasteiger partial charge in [0.25, 0.3) is 5.91 Å². The number of aromatic nitrogens is 2. The average Bonchev–Trinajstić information content (AvgIpc) is 3.08. The van der Waals surface area contributed by atoms with E-state index in [1.165, 1.54) is 32.1 Å². The summed E-state index contributed by atoms with van der Waals surface area (Å²) >= 11 is 0. The van der Waals surface area contributed by atoms with Crippen molar-refractivity contribution in [1.82, 2.24) is 15.5 Å². The molecule has 1 amide bonds. The monoisotopic (exact) mass is 302 g/mol. The van der Waals surface area contributed by atoms with Gasteiger partial charge < -0.3 is 10.2 Å². The van der Waals surface area contributed by atoms with Gasteiger partial charge in [-0.2, -0.15) is 0 Å². The summed E-state index contributed by atoms with van der Waals surface area (Å²) in [5.41, 5.74) is 0.431. The molecule has 1 aromatic heterocycles. The first kappa shape index (κ1) is 15.3. The number of anilines is 1. The maximum Gasteiger partial charge on any atom is 0.272 e. The van der Waals surface area contributed by atoms with Crippen LogP contribution in [0.1, 0.15) is 68.8 Å². The van der Waals surface area contributed by atoms with Crippen LogP contribution < -0.4 is 10.2 Å². The summed E-state index contributed by atoms with van der Waals surface area (Å²) in [5.74, 6) is 0.820. The lowest BCUT2D eigenvalue weighted by Crippen LogP contribution is -2.40. The number of rotatable bonds is 4. The second kappa shape index (κ2) is 7.07. The molecule has 2 fully saturated rings. The molecule has 1 aliphatic heterocycles. The molecule has 1 aromatic rings. The minimum absolute atomic E-state index is 0.0864. The standard InChI is InChI=1S/C17H26N4O/c1-2-14-9-5-6-12-21(14)16-11-10-15(19-20-16)17(22)18-13-7-3-4-8-13/h10-11,13-14H,2-9,12H2,1H3,(H,18,22). The summed E-state index contributed by atoms with van der Waals surface area (Å²) < 4.78 is 0. The molecule has 1 aliphatic carbocycles. The van der Waals surface area contributed by atoms with E-state index < -0.39 is 0 Å². The summed E-state index contributed by atoms with van der Waals surface area (Å²) in [6, 6.07) is 4.64. The largest absolute Gasteiger partial charge is 0.352 e. The quantitative estimate of drug-likeness (QED) is 0.929. The van der Waals surface area contributed by atoms with Crippen LogP contribution in [0.4, 0.5) is 5.82 Å². The van der Waals surface area contributed by atoms with Gasteiger partial charge in [0.05, 0.1) is 0 Å². The van der Waals surface area contributed by atoms with Gasteiger partial charge in [0, 0.05) is 18.6 Å². The summed E-state index contributed by atoms with van der Waals surface area (Å²) in [7, 11) is 0. The second-order valence-electron chi connectivity index (χ2n) is 6.48. The van der Waals surface area contributed by atoms with Crippen LogP contribution in [0.15, 0.2) is 12.1 Å². The molecule has 2 heterocycles. The van der Waals surface area contributed by atoms with Crippen molar-refractivity contribution in [3.05, 3.63) is 17.8 Å². The molecule has 0 bridgehead atoms. The molecule has 5 heteroatoms. The second-order valence-corrected chi connectivity index (χ2v) is 6.48. The summed E-state index contributed by atoms with van der Waals surface area (Å²) in [6.45, 7) is 3.26. The number of carbonyl (C=O) groups is 1. The van der Waals surface area contributed by atoms with E-state index in [9.17, 15) is 4.79 Å². The van der Waals surface area contributed by atoms with Crippen molar-refractivity contribution in [2.75, 3.05) is 11.4 Å². The third-order valence-corrected chi connectivity index (χ3v) is 4.97. The molecule has 5 nitrogen and oxygen atoms in total. The lowest BCUT2D eigenvalue weighted by Gasteiger charge is -2.35. The fourth-order valence-electron chi connectivity index (χ4n) is 3.66. The zero-order valence-electron chi connectivity index (χ0n) is 13.4. The molecule has 22 heavy (non-hydrogen) atoms. The molecule has 3 rings (SSSR count). The van der Waals surface area contributed by atoms with Crippen LogP contribution in [-0.2, 0) is 0 Å². The third-order valence-electron chi connectivity index (χ3n) is 4.97. The first-order valence-corrected chi connectivity index (χ1v) is 8.69. The molecule has 120 valence electrons. The Balaban J connectivity index is 1.65. The van der Waals surface area contributed by atoms with Crippen molar-refractivity contribution in [3.8, 4) is 0 Å². The smallest absolute Gasteiger partial charge is 0.272 e. The Bertz CT molecular complexity index is 496. The molecule has 0 spiro atoms. The summed E-state index contributed by atoms with van der Waals surface area (Å²) in [5, 5.41) is 11.5. The molecule has 1 atom stereocenters. The lowest BCUT2D eigenvalue weighted by atomic mass is 10.0. The molecule has 1 saturated carbocycles. The molecular formula is C17H26N4O. The first-order valence-electron chi connectivity index (χ1n) is 8.69.